The van der Waals surface area contributed by atoms with Crippen LogP contribution in [0.15, 0.2) is 18.2 Å². The number of carbonyl (C=O) groups excluding carboxylic acids is 1. The highest BCUT2D eigenvalue weighted by Crippen LogP contribution is 2.27. The standard InChI is InChI=1S/C18H23FN4O2/c1-12-15(13(2)23(21-12)8-9-24)11-20-14-5-6-17(16(19)10-14)22-7-3-4-18(22)25/h5-6,10,20,24H,3-4,7-9,11H2,1-2H3. The molecule has 3 rings (SSSR count). The molecule has 1 aromatic carbocycles. The van der Waals surface area contributed by atoms with Crippen molar-refractivity contribution in [2.45, 2.75) is 39.8 Å². The second-order valence-corrected chi connectivity index (χ2v) is 6.26. The lowest BCUT2D eigenvalue weighted by molar-refractivity contribution is -0.117. The highest BCUT2D eigenvalue weighted by atomic mass is 19.1. The fourth-order valence-corrected chi connectivity index (χ4v) is 3.23. The summed E-state index contributed by atoms with van der Waals surface area (Å²) in [6.45, 7) is 5.46. The number of benzene rings is 1. The molecule has 134 valence electrons. The fraction of sp³-hybridized carbons (Fsp3) is 0.444. The van der Waals surface area contributed by atoms with E-state index in [0.29, 0.717) is 37.4 Å². The third-order valence-corrected chi connectivity index (χ3v) is 4.62. The van der Waals surface area contributed by atoms with Crippen LogP contribution in [0.4, 0.5) is 15.8 Å². The van der Waals surface area contributed by atoms with Gasteiger partial charge in [0.2, 0.25) is 5.91 Å². The zero-order chi connectivity index (χ0) is 18.0. The van der Waals surface area contributed by atoms with Crippen LogP contribution in [-0.4, -0.2) is 33.9 Å². The first kappa shape index (κ1) is 17.4. The number of aliphatic hydroxyl groups excluding tert-OH is 1. The van der Waals surface area contributed by atoms with E-state index in [1.807, 2.05) is 13.8 Å². The molecule has 0 spiro atoms. The molecule has 0 bridgehead atoms. The summed E-state index contributed by atoms with van der Waals surface area (Å²) in [6.07, 6.45) is 1.25. The molecule has 1 amide bonds. The summed E-state index contributed by atoms with van der Waals surface area (Å²) in [5.74, 6) is -0.424. The van der Waals surface area contributed by atoms with Gasteiger partial charge in [0.15, 0.2) is 0 Å². The van der Waals surface area contributed by atoms with E-state index in [0.717, 1.165) is 23.4 Å². The maximum atomic E-state index is 14.4. The molecule has 1 fully saturated rings. The number of aliphatic hydroxyl groups is 1. The number of rotatable bonds is 6. The van der Waals surface area contributed by atoms with E-state index in [9.17, 15) is 9.18 Å². The highest BCUT2D eigenvalue weighted by Gasteiger charge is 2.24. The number of nitrogens with zero attached hydrogens (tertiary/aromatic N) is 3. The van der Waals surface area contributed by atoms with E-state index >= 15 is 0 Å². The molecule has 0 atom stereocenters. The predicted molar refractivity (Wildman–Crippen MR) is 94.1 cm³/mol. The molecule has 0 radical (unpaired) electrons. The Kier molecular flexibility index (Phi) is 5.03. The van der Waals surface area contributed by atoms with Crippen molar-refractivity contribution < 1.29 is 14.3 Å². The fourth-order valence-electron chi connectivity index (χ4n) is 3.23. The summed E-state index contributed by atoms with van der Waals surface area (Å²) >= 11 is 0. The van der Waals surface area contributed by atoms with Crippen LogP contribution in [-0.2, 0) is 17.9 Å². The molecule has 1 aromatic heterocycles. The third kappa shape index (κ3) is 3.51. The van der Waals surface area contributed by atoms with Gasteiger partial charge in [-0.15, -0.1) is 0 Å². The molecular weight excluding hydrogens is 323 g/mol. The smallest absolute Gasteiger partial charge is 0.227 e. The normalized spacial score (nSPS) is 14.4. The molecule has 2 aromatic rings. The van der Waals surface area contributed by atoms with Crippen LogP contribution < -0.4 is 10.2 Å². The predicted octanol–water partition coefficient (Wildman–Crippen LogP) is 2.37. The van der Waals surface area contributed by atoms with E-state index < -0.39 is 5.82 Å². The molecule has 0 unspecified atom stereocenters. The Labute approximate surface area is 146 Å². The molecule has 2 N–H and O–H groups in total. The van der Waals surface area contributed by atoms with Gasteiger partial charge < -0.3 is 15.3 Å². The number of anilines is 2. The number of halogens is 1. The van der Waals surface area contributed by atoms with Crippen molar-refractivity contribution in [3.8, 4) is 0 Å². The summed E-state index contributed by atoms with van der Waals surface area (Å²) in [6, 6.07) is 4.85. The van der Waals surface area contributed by atoms with Gasteiger partial charge in [-0.3, -0.25) is 9.48 Å². The van der Waals surface area contributed by atoms with E-state index in [4.69, 9.17) is 5.11 Å². The maximum absolute atomic E-state index is 14.4. The molecule has 0 aliphatic carbocycles. The molecule has 1 aliphatic rings. The van der Waals surface area contributed by atoms with Crippen molar-refractivity contribution in [3.05, 3.63) is 41.0 Å². The van der Waals surface area contributed by atoms with E-state index in [1.165, 1.54) is 11.0 Å². The quantitative estimate of drug-likeness (QED) is 0.842. The second kappa shape index (κ2) is 7.23. The third-order valence-electron chi connectivity index (χ3n) is 4.62. The van der Waals surface area contributed by atoms with Crippen molar-refractivity contribution in [1.29, 1.82) is 0 Å². The molecule has 2 heterocycles. The Hall–Kier alpha value is -2.41. The lowest BCUT2D eigenvalue weighted by Gasteiger charge is -2.17. The molecule has 25 heavy (non-hydrogen) atoms. The maximum Gasteiger partial charge on any atom is 0.227 e. The Morgan fingerprint density at radius 2 is 2.16 bits per heavy atom. The molecule has 1 aliphatic heterocycles. The van der Waals surface area contributed by atoms with Gasteiger partial charge in [0.1, 0.15) is 5.82 Å². The summed E-state index contributed by atoms with van der Waals surface area (Å²) in [7, 11) is 0. The van der Waals surface area contributed by atoms with Gasteiger partial charge in [-0.1, -0.05) is 0 Å². The minimum absolute atomic E-state index is 0.0258. The number of hydrogen-bond acceptors (Lipinski definition) is 4. The molecule has 0 saturated carbocycles. The summed E-state index contributed by atoms with van der Waals surface area (Å²) in [4.78, 5) is 13.3. The van der Waals surface area contributed by atoms with Crippen molar-refractivity contribution in [3.63, 3.8) is 0 Å². The SMILES string of the molecule is Cc1nn(CCO)c(C)c1CNc1ccc(N2CCCC2=O)c(F)c1. The Morgan fingerprint density at radius 3 is 2.80 bits per heavy atom. The van der Waals surface area contributed by atoms with Gasteiger partial charge in [-0.05, 0) is 38.5 Å². The van der Waals surface area contributed by atoms with Gasteiger partial charge in [0.05, 0.1) is 24.5 Å². The average molecular weight is 346 g/mol. The Balaban J connectivity index is 1.72. The topological polar surface area (TPSA) is 70.4 Å². The van der Waals surface area contributed by atoms with Crippen molar-refractivity contribution in [2.24, 2.45) is 0 Å². The van der Waals surface area contributed by atoms with E-state index in [1.54, 1.807) is 16.8 Å². The molecule has 7 heteroatoms. The molecule has 6 nitrogen and oxygen atoms in total. The molecular formula is C18H23FN4O2. The minimum atomic E-state index is -0.398. The summed E-state index contributed by atoms with van der Waals surface area (Å²) in [5, 5.41) is 16.7. The molecule has 1 saturated heterocycles. The van der Waals surface area contributed by atoms with Crippen molar-refractivity contribution >= 4 is 17.3 Å². The Morgan fingerprint density at radius 1 is 1.36 bits per heavy atom. The van der Waals surface area contributed by atoms with Crippen molar-refractivity contribution in [2.75, 3.05) is 23.4 Å². The summed E-state index contributed by atoms with van der Waals surface area (Å²) < 4.78 is 16.2. The number of nitrogens with one attached hydrogen (secondary N) is 1. The number of carbonyl (C=O) groups is 1. The number of hydrogen-bond donors (Lipinski definition) is 2. The van der Waals surface area contributed by atoms with Crippen LogP contribution in [0.5, 0.6) is 0 Å². The van der Waals surface area contributed by atoms with Crippen LogP contribution in [0, 0.1) is 19.7 Å². The number of aromatic nitrogens is 2. The van der Waals surface area contributed by atoms with Crippen LogP contribution in [0.3, 0.4) is 0 Å². The monoisotopic (exact) mass is 346 g/mol. The zero-order valence-electron chi connectivity index (χ0n) is 14.5. The Bertz CT molecular complexity index is 788. The lowest BCUT2D eigenvalue weighted by Crippen LogP contribution is -2.24. The van der Waals surface area contributed by atoms with Crippen LogP contribution >= 0.6 is 0 Å². The zero-order valence-corrected chi connectivity index (χ0v) is 14.5. The second-order valence-electron chi connectivity index (χ2n) is 6.26. The number of aryl methyl sites for hydroxylation is 1. The first-order valence-electron chi connectivity index (χ1n) is 8.48. The van der Waals surface area contributed by atoms with Crippen LogP contribution in [0.25, 0.3) is 0 Å². The van der Waals surface area contributed by atoms with E-state index in [-0.39, 0.29) is 12.5 Å². The first-order valence-corrected chi connectivity index (χ1v) is 8.48. The highest BCUT2D eigenvalue weighted by molar-refractivity contribution is 5.95. The van der Waals surface area contributed by atoms with E-state index in [2.05, 4.69) is 10.4 Å². The number of amides is 1. The average Bonchev–Trinajstić information content (AvgIpc) is 3.10. The van der Waals surface area contributed by atoms with Gasteiger partial charge in [-0.2, -0.15) is 5.10 Å². The van der Waals surface area contributed by atoms with Crippen LogP contribution in [0.2, 0.25) is 0 Å². The van der Waals surface area contributed by atoms with Crippen molar-refractivity contribution in [1.82, 2.24) is 9.78 Å². The largest absolute Gasteiger partial charge is 0.394 e. The van der Waals surface area contributed by atoms with Gasteiger partial charge in [0, 0.05) is 36.5 Å². The van der Waals surface area contributed by atoms with Gasteiger partial charge in [0.25, 0.3) is 0 Å². The first-order chi connectivity index (χ1) is 12.0. The van der Waals surface area contributed by atoms with Gasteiger partial charge >= 0.3 is 0 Å². The van der Waals surface area contributed by atoms with Gasteiger partial charge in [-0.25, -0.2) is 4.39 Å². The minimum Gasteiger partial charge on any atom is -0.394 e. The lowest BCUT2D eigenvalue weighted by atomic mass is 10.2. The summed E-state index contributed by atoms with van der Waals surface area (Å²) in [5.41, 5.74) is 3.91. The van der Waals surface area contributed by atoms with Crippen LogP contribution in [0.1, 0.15) is 29.8 Å².